The highest BCUT2D eigenvalue weighted by molar-refractivity contribution is 6.34. The van der Waals surface area contributed by atoms with Gasteiger partial charge < -0.3 is 16.0 Å². The molecule has 4 nitrogen and oxygen atoms in total. The Kier molecular flexibility index (Phi) is 4.44. The van der Waals surface area contributed by atoms with Crippen LogP contribution in [-0.4, -0.2) is 25.0 Å². The Balaban J connectivity index is 1.93. The highest BCUT2D eigenvalue weighted by Crippen LogP contribution is 2.25. The van der Waals surface area contributed by atoms with E-state index < -0.39 is 0 Å². The third-order valence-corrected chi connectivity index (χ3v) is 3.31. The molecular formula is C13H18ClN3O. The predicted octanol–water partition coefficient (Wildman–Crippen LogP) is 2.46. The average molecular weight is 268 g/mol. The Bertz CT molecular complexity index is 430. The molecule has 2 rings (SSSR count). The van der Waals surface area contributed by atoms with Gasteiger partial charge >= 0.3 is 0 Å². The highest BCUT2D eigenvalue weighted by atomic mass is 35.5. The summed E-state index contributed by atoms with van der Waals surface area (Å²) < 4.78 is 0. The van der Waals surface area contributed by atoms with Crippen molar-refractivity contribution in [1.29, 1.82) is 0 Å². The SMILES string of the molecule is CC(=O)Nc1ccc(NCC2CCCN2)cc1Cl. The molecule has 1 aliphatic heterocycles. The Labute approximate surface area is 112 Å². The number of rotatable bonds is 4. The minimum atomic E-state index is -0.118. The van der Waals surface area contributed by atoms with Gasteiger partial charge in [-0.15, -0.1) is 0 Å². The van der Waals surface area contributed by atoms with E-state index in [0.29, 0.717) is 16.8 Å². The topological polar surface area (TPSA) is 53.2 Å². The largest absolute Gasteiger partial charge is 0.383 e. The molecule has 98 valence electrons. The standard InChI is InChI=1S/C13H18ClN3O/c1-9(18)17-13-5-4-10(7-12(13)14)16-8-11-3-2-6-15-11/h4-5,7,11,15-16H,2-3,6,8H2,1H3,(H,17,18). The van der Waals surface area contributed by atoms with E-state index in [1.807, 2.05) is 18.2 Å². The molecule has 1 amide bonds. The molecule has 3 N–H and O–H groups in total. The molecule has 1 saturated heterocycles. The number of amides is 1. The number of benzene rings is 1. The second kappa shape index (κ2) is 6.07. The molecule has 0 spiro atoms. The third-order valence-electron chi connectivity index (χ3n) is 2.99. The van der Waals surface area contributed by atoms with Gasteiger partial charge in [0, 0.05) is 25.2 Å². The summed E-state index contributed by atoms with van der Waals surface area (Å²) in [6.07, 6.45) is 2.46. The fourth-order valence-corrected chi connectivity index (χ4v) is 2.32. The van der Waals surface area contributed by atoms with Crippen molar-refractivity contribution in [2.75, 3.05) is 23.7 Å². The van der Waals surface area contributed by atoms with Gasteiger partial charge in [0.25, 0.3) is 0 Å². The van der Waals surface area contributed by atoms with Crippen LogP contribution in [0, 0.1) is 0 Å². The molecular weight excluding hydrogens is 250 g/mol. The number of carbonyl (C=O) groups is 1. The second-order valence-corrected chi connectivity index (χ2v) is 4.96. The maximum Gasteiger partial charge on any atom is 0.221 e. The Hall–Kier alpha value is -1.26. The van der Waals surface area contributed by atoms with Crippen molar-refractivity contribution in [3.8, 4) is 0 Å². The Morgan fingerprint density at radius 1 is 1.56 bits per heavy atom. The van der Waals surface area contributed by atoms with Crippen LogP contribution in [0.25, 0.3) is 0 Å². The first-order valence-electron chi connectivity index (χ1n) is 6.19. The molecule has 1 aromatic carbocycles. The van der Waals surface area contributed by atoms with Crippen LogP contribution in [0.2, 0.25) is 5.02 Å². The summed E-state index contributed by atoms with van der Waals surface area (Å²) in [4.78, 5) is 11.0. The zero-order valence-corrected chi connectivity index (χ0v) is 11.2. The second-order valence-electron chi connectivity index (χ2n) is 4.55. The van der Waals surface area contributed by atoms with Crippen molar-refractivity contribution in [3.05, 3.63) is 23.2 Å². The molecule has 1 heterocycles. The molecule has 0 bridgehead atoms. The molecule has 0 aromatic heterocycles. The molecule has 1 atom stereocenters. The molecule has 1 aliphatic rings. The number of nitrogens with one attached hydrogen (secondary N) is 3. The van der Waals surface area contributed by atoms with Gasteiger partial charge in [-0.1, -0.05) is 11.6 Å². The number of carbonyl (C=O) groups excluding carboxylic acids is 1. The van der Waals surface area contributed by atoms with Crippen molar-refractivity contribution in [1.82, 2.24) is 5.32 Å². The lowest BCUT2D eigenvalue weighted by molar-refractivity contribution is -0.114. The van der Waals surface area contributed by atoms with Gasteiger partial charge in [0.2, 0.25) is 5.91 Å². The minimum Gasteiger partial charge on any atom is -0.383 e. The van der Waals surface area contributed by atoms with Crippen LogP contribution >= 0.6 is 11.6 Å². The number of hydrogen-bond acceptors (Lipinski definition) is 3. The van der Waals surface area contributed by atoms with Gasteiger partial charge in [0.1, 0.15) is 0 Å². The maximum absolute atomic E-state index is 11.0. The van der Waals surface area contributed by atoms with E-state index in [1.54, 1.807) is 0 Å². The average Bonchev–Trinajstić information content (AvgIpc) is 2.82. The van der Waals surface area contributed by atoms with Crippen molar-refractivity contribution in [3.63, 3.8) is 0 Å². The molecule has 0 aliphatic carbocycles. The van der Waals surface area contributed by atoms with Crippen LogP contribution < -0.4 is 16.0 Å². The minimum absolute atomic E-state index is 0.118. The van der Waals surface area contributed by atoms with E-state index in [0.717, 1.165) is 18.8 Å². The zero-order chi connectivity index (χ0) is 13.0. The van der Waals surface area contributed by atoms with Gasteiger partial charge in [-0.25, -0.2) is 0 Å². The number of anilines is 2. The van der Waals surface area contributed by atoms with E-state index in [2.05, 4.69) is 16.0 Å². The summed E-state index contributed by atoms with van der Waals surface area (Å²) in [6, 6.07) is 6.11. The van der Waals surface area contributed by atoms with Crippen LogP contribution in [-0.2, 0) is 4.79 Å². The lowest BCUT2D eigenvalue weighted by Crippen LogP contribution is -2.29. The van der Waals surface area contributed by atoms with Crippen molar-refractivity contribution in [2.45, 2.75) is 25.8 Å². The quantitative estimate of drug-likeness (QED) is 0.786. The van der Waals surface area contributed by atoms with Crippen LogP contribution in [0.3, 0.4) is 0 Å². The summed E-state index contributed by atoms with van der Waals surface area (Å²) in [5.41, 5.74) is 1.62. The summed E-state index contributed by atoms with van der Waals surface area (Å²) in [5.74, 6) is -0.118. The van der Waals surface area contributed by atoms with Crippen LogP contribution in [0.1, 0.15) is 19.8 Å². The number of hydrogen-bond donors (Lipinski definition) is 3. The Morgan fingerprint density at radius 2 is 2.39 bits per heavy atom. The summed E-state index contributed by atoms with van der Waals surface area (Å²) in [7, 11) is 0. The Morgan fingerprint density at radius 3 is 3.00 bits per heavy atom. The molecule has 5 heteroatoms. The molecule has 0 saturated carbocycles. The molecule has 0 radical (unpaired) electrons. The maximum atomic E-state index is 11.0. The third kappa shape index (κ3) is 3.62. The van der Waals surface area contributed by atoms with Gasteiger partial charge in [-0.3, -0.25) is 4.79 Å². The summed E-state index contributed by atoms with van der Waals surface area (Å²) in [5, 5.41) is 10.0. The highest BCUT2D eigenvalue weighted by Gasteiger charge is 2.13. The molecule has 1 unspecified atom stereocenters. The smallest absolute Gasteiger partial charge is 0.221 e. The van der Waals surface area contributed by atoms with Crippen LogP contribution in [0.4, 0.5) is 11.4 Å². The van der Waals surface area contributed by atoms with Crippen molar-refractivity contribution in [2.24, 2.45) is 0 Å². The lowest BCUT2D eigenvalue weighted by atomic mass is 10.2. The van der Waals surface area contributed by atoms with Crippen LogP contribution in [0.15, 0.2) is 18.2 Å². The first-order valence-corrected chi connectivity index (χ1v) is 6.57. The van der Waals surface area contributed by atoms with E-state index in [-0.39, 0.29) is 5.91 Å². The van der Waals surface area contributed by atoms with Gasteiger partial charge in [-0.2, -0.15) is 0 Å². The fraction of sp³-hybridized carbons (Fsp3) is 0.462. The molecule has 1 fully saturated rings. The van der Waals surface area contributed by atoms with Gasteiger partial charge in [0.05, 0.1) is 10.7 Å². The van der Waals surface area contributed by atoms with Gasteiger partial charge in [-0.05, 0) is 37.6 Å². The monoisotopic (exact) mass is 267 g/mol. The first kappa shape index (κ1) is 13.2. The molecule has 1 aromatic rings. The van der Waals surface area contributed by atoms with Crippen molar-refractivity contribution < 1.29 is 4.79 Å². The van der Waals surface area contributed by atoms with Gasteiger partial charge in [0.15, 0.2) is 0 Å². The zero-order valence-electron chi connectivity index (χ0n) is 10.4. The number of halogens is 1. The summed E-state index contributed by atoms with van der Waals surface area (Å²) >= 11 is 6.10. The predicted molar refractivity (Wildman–Crippen MR) is 75.3 cm³/mol. The van der Waals surface area contributed by atoms with E-state index in [9.17, 15) is 4.79 Å². The van der Waals surface area contributed by atoms with E-state index in [4.69, 9.17) is 11.6 Å². The van der Waals surface area contributed by atoms with Crippen LogP contribution in [0.5, 0.6) is 0 Å². The van der Waals surface area contributed by atoms with E-state index in [1.165, 1.54) is 19.8 Å². The fourth-order valence-electron chi connectivity index (χ4n) is 2.09. The first-order chi connectivity index (χ1) is 8.65. The molecule has 18 heavy (non-hydrogen) atoms. The van der Waals surface area contributed by atoms with E-state index >= 15 is 0 Å². The summed E-state index contributed by atoms with van der Waals surface area (Å²) in [6.45, 7) is 3.47. The lowest BCUT2D eigenvalue weighted by Gasteiger charge is -2.13. The van der Waals surface area contributed by atoms with Crippen molar-refractivity contribution >= 4 is 28.9 Å². The normalized spacial score (nSPS) is 18.7.